The molecule has 0 aromatic heterocycles. The molecule has 0 fully saturated rings. The van der Waals surface area contributed by atoms with Crippen molar-refractivity contribution in [1.29, 1.82) is 0 Å². The van der Waals surface area contributed by atoms with Gasteiger partial charge in [-0.1, -0.05) is 0 Å². The largest absolute Gasteiger partial charge is 3.00 e. The third-order valence-electron chi connectivity index (χ3n) is 0. The third kappa shape index (κ3) is 50.7. The molecule has 8 heteroatoms. The molecule has 0 bridgehead atoms. The van der Waals surface area contributed by atoms with E-state index in [-0.39, 0.29) is 119 Å². The van der Waals surface area contributed by atoms with E-state index in [1.54, 1.807) is 0 Å². The van der Waals surface area contributed by atoms with Gasteiger partial charge in [0, 0.05) is 0 Å². The maximum atomic E-state index is 8.58. The van der Waals surface area contributed by atoms with Crippen LogP contribution in [0.5, 0.6) is 0 Å². The molecule has 0 rings (SSSR count). The normalized spacial score (nSPS) is 7.50. The van der Waals surface area contributed by atoms with Crippen LogP contribution in [0.4, 0.5) is 0 Å². The maximum absolute atomic E-state index is 8.58. The quantitative estimate of drug-likeness (QED) is 0.276. The maximum Gasteiger partial charge on any atom is 3.00 e. The van der Waals surface area contributed by atoms with Crippen LogP contribution in [0.1, 0.15) is 0 Å². The molecule has 0 saturated heterocycles. The van der Waals surface area contributed by atoms with Crippen molar-refractivity contribution in [2.45, 2.75) is 0 Å². The molecule has 0 aliphatic carbocycles. The Bertz CT molecular complexity index is 31.5. The van der Waals surface area contributed by atoms with Crippen LogP contribution in [0, 0.1) is 119 Å². The molecule has 0 atom stereocenters. The molecule has 2 radical (unpaired) electrons. The van der Waals surface area contributed by atoms with E-state index in [4.69, 9.17) is 19.2 Å². The van der Waals surface area contributed by atoms with Crippen molar-refractivity contribution in [3.63, 3.8) is 0 Å². The molecule has 8 heavy (non-hydrogen) atoms. The molecule has 0 amide bonds. The Balaban J connectivity index is -0.0000000267. The Hall–Kier alpha value is 3.99. The van der Waals surface area contributed by atoms with Crippen molar-refractivity contribution in [3.05, 3.63) is 0 Å². The molecule has 50 valence electrons. The van der Waals surface area contributed by atoms with Crippen LogP contribution in [0.15, 0.2) is 0 Å². The fraction of sp³-hybridized carbons (Fsp3) is 0. The number of hydrogen-bond acceptors (Lipinski definition) is 4. The average molecular weight is 564 g/mol. The van der Waals surface area contributed by atoms with Crippen LogP contribution in [0.25, 0.3) is 0 Å². The Morgan fingerprint density at radius 1 is 0.875 bits per heavy atom. The van der Waals surface area contributed by atoms with Gasteiger partial charge in [-0.25, -0.2) is 0 Å². The zero-order valence-electron chi connectivity index (χ0n) is 3.24. The van der Waals surface area contributed by atoms with E-state index < -0.39 is 9.05 Å². The summed E-state index contributed by atoms with van der Waals surface area (Å²) in [6.07, 6.45) is 0. The summed E-state index contributed by atoms with van der Waals surface area (Å²) < 4.78 is 0. The van der Waals surface area contributed by atoms with Crippen LogP contribution < -0.4 is 19.2 Å². The molecule has 0 aromatic carbocycles. The second-order valence-corrected chi connectivity index (χ2v) is 1.50. The van der Waals surface area contributed by atoms with Crippen LogP contribution in [0.2, 0.25) is 0 Å². The van der Waals surface area contributed by atoms with E-state index in [2.05, 4.69) is 0 Å². The average Bonchev–Trinajstić information content (AvgIpc) is 0.722. The van der Waals surface area contributed by atoms with E-state index in [1.807, 2.05) is 0 Å². The van der Waals surface area contributed by atoms with Crippen molar-refractivity contribution in [2.75, 3.05) is 0 Å². The van der Waals surface area contributed by atoms with Gasteiger partial charge >= 0.3 is 119 Å². The van der Waals surface area contributed by atoms with E-state index in [9.17, 15) is 0 Å². The summed E-state index contributed by atoms with van der Waals surface area (Å²) in [6, 6.07) is 0. The van der Waals surface area contributed by atoms with Gasteiger partial charge in [-0.2, -0.15) is 0 Å². The number of hydrogen-bond donors (Lipinski definition) is 0. The standard InChI is InChI=1S/Ce.Gd.Lu.O4Si/c;;;1-5(2,3)4/q3*+3;-4. The summed E-state index contributed by atoms with van der Waals surface area (Å²) in [6.45, 7) is 0. The first-order chi connectivity index (χ1) is 2.00. The molecule has 0 saturated carbocycles. The second kappa shape index (κ2) is 11.0. The first-order valence-electron chi connectivity index (χ1n) is 0.816. The first-order valence-corrected chi connectivity index (χ1v) is 2.45. The predicted molar refractivity (Wildman–Crippen MR) is 5.75 cm³/mol. The van der Waals surface area contributed by atoms with Crippen LogP contribution in [0.3, 0.4) is 0 Å². The summed E-state index contributed by atoms with van der Waals surface area (Å²) in [7, 11) is -5.61. The Kier molecular flexibility index (Phi) is 31.2. The van der Waals surface area contributed by atoms with Crippen LogP contribution in [-0.4, -0.2) is 9.05 Å². The van der Waals surface area contributed by atoms with Gasteiger partial charge in [-0.15, -0.1) is 0 Å². The summed E-state index contributed by atoms with van der Waals surface area (Å²) >= 11 is 0. The molecule has 4 nitrogen and oxygen atoms in total. The van der Waals surface area contributed by atoms with Crippen LogP contribution in [-0.2, 0) is 0 Å². The van der Waals surface area contributed by atoms with Gasteiger partial charge < -0.3 is 28.2 Å². The van der Waals surface area contributed by atoms with Crippen molar-refractivity contribution in [3.8, 4) is 0 Å². The second-order valence-electron chi connectivity index (χ2n) is 0.500. The molecule has 0 aliphatic rings. The molecule has 0 heterocycles. The third-order valence-corrected chi connectivity index (χ3v) is 0. The Morgan fingerprint density at radius 3 is 0.875 bits per heavy atom. The van der Waals surface area contributed by atoms with Crippen molar-refractivity contribution in [2.24, 2.45) is 0 Å². The van der Waals surface area contributed by atoms with Crippen LogP contribution >= 0.6 is 0 Å². The monoisotopic (exact) mass is 565 g/mol. The molecule has 0 aromatic rings. The topological polar surface area (TPSA) is 92.2 Å². The molecule has 0 unspecified atom stereocenters. The zero-order chi connectivity index (χ0) is 4.50. The van der Waals surface area contributed by atoms with Gasteiger partial charge in [0.15, 0.2) is 0 Å². The summed E-state index contributed by atoms with van der Waals surface area (Å²) in [5.74, 6) is 0. The summed E-state index contributed by atoms with van der Waals surface area (Å²) in [5, 5.41) is 0. The van der Waals surface area contributed by atoms with Crippen molar-refractivity contribution >= 4 is 9.05 Å². The Morgan fingerprint density at radius 2 is 0.875 bits per heavy atom. The van der Waals surface area contributed by atoms with Gasteiger partial charge in [-0.3, -0.25) is 0 Å². The van der Waals surface area contributed by atoms with Gasteiger partial charge in [0.2, 0.25) is 0 Å². The molecular weight excluding hydrogens is 564 g/mol. The minimum Gasteiger partial charge on any atom is -0.894 e. The summed E-state index contributed by atoms with van der Waals surface area (Å²) in [4.78, 5) is 34.3. The molecule has 0 spiro atoms. The van der Waals surface area contributed by atoms with E-state index in [0.717, 1.165) is 0 Å². The zero-order valence-corrected chi connectivity index (χ0v) is 11.3. The van der Waals surface area contributed by atoms with Gasteiger partial charge in [-0.05, 0) is 0 Å². The number of rotatable bonds is 0. The minimum atomic E-state index is -5.61. The fourth-order valence-electron chi connectivity index (χ4n) is 0. The Labute approximate surface area is 143 Å². The van der Waals surface area contributed by atoms with Gasteiger partial charge in [0.25, 0.3) is 0 Å². The minimum absolute atomic E-state index is 0. The van der Waals surface area contributed by atoms with E-state index in [1.165, 1.54) is 0 Å². The molecular formula is CeGdLuO4Si+5. The SMILES string of the molecule is [Ce+3].[Gd+3].[Lu+3].[O-][Si]([O-])([O-])[O-]. The smallest absolute Gasteiger partial charge is 0.894 e. The van der Waals surface area contributed by atoms with E-state index in [0.29, 0.717) is 0 Å². The summed E-state index contributed by atoms with van der Waals surface area (Å²) in [5.41, 5.74) is 0. The van der Waals surface area contributed by atoms with Crippen molar-refractivity contribution < 1.29 is 138 Å². The van der Waals surface area contributed by atoms with Gasteiger partial charge in [0.1, 0.15) is 0 Å². The first kappa shape index (κ1) is 22.7. The fourth-order valence-corrected chi connectivity index (χ4v) is 0. The predicted octanol–water partition coefficient (Wildman–Crippen LogP) is -5.14. The van der Waals surface area contributed by atoms with Gasteiger partial charge in [0.05, 0.1) is 0 Å². The van der Waals surface area contributed by atoms with E-state index >= 15 is 0 Å². The molecule has 0 N–H and O–H groups in total. The van der Waals surface area contributed by atoms with Crippen molar-refractivity contribution in [1.82, 2.24) is 0 Å². The molecule has 0 aliphatic heterocycles.